The van der Waals surface area contributed by atoms with Gasteiger partial charge in [0, 0.05) is 12.2 Å². The van der Waals surface area contributed by atoms with Gasteiger partial charge in [-0.15, -0.1) is 0 Å². The SMILES string of the molecule is Cc1ccc(C)c(NC(=O)NCC2(O)CCCCC2)c1. The van der Waals surface area contributed by atoms with Crippen molar-refractivity contribution in [2.45, 2.75) is 51.6 Å². The van der Waals surface area contributed by atoms with Gasteiger partial charge in [-0.2, -0.15) is 0 Å². The number of anilines is 1. The van der Waals surface area contributed by atoms with Gasteiger partial charge in [0.15, 0.2) is 0 Å². The Morgan fingerprint density at radius 1 is 1.25 bits per heavy atom. The van der Waals surface area contributed by atoms with Gasteiger partial charge in [0.1, 0.15) is 0 Å². The highest BCUT2D eigenvalue weighted by atomic mass is 16.3. The summed E-state index contributed by atoms with van der Waals surface area (Å²) in [5.41, 5.74) is 2.23. The Morgan fingerprint density at radius 3 is 2.65 bits per heavy atom. The van der Waals surface area contributed by atoms with Crippen molar-refractivity contribution < 1.29 is 9.90 Å². The minimum atomic E-state index is -0.725. The summed E-state index contributed by atoms with van der Waals surface area (Å²) >= 11 is 0. The third-order valence-electron chi connectivity index (χ3n) is 4.00. The summed E-state index contributed by atoms with van der Waals surface area (Å²) in [7, 11) is 0. The number of urea groups is 1. The van der Waals surface area contributed by atoms with Gasteiger partial charge < -0.3 is 15.7 Å². The van der Waals surface area contributed by atoms with Gasteiger partial charge in [-0.3, -0.25) is 0 Å². The van der Waals surface area contributed by atoms with Gasteiger partial charge >= 0.3 is 6.03 Å². The van der Waals surface area contributed by atoms with Crippen molar-refractivity contribution in [1.82, 2.24) is 5.32 Å². The third kappa shape index (κ3) is 3.97. The number of carbonyl (C=O) groups excluding carboxylic acids is 1. The summed E-state index contributed by atoms with van der Waals surface area (Å²) in [6.07, 6.45) is 4.80. The highest BCUT2D eigenvalue weighted by molar-refractivity contribution is 5.90. The molecule has 1 aliphatic carbocycles. The van der Waals surface area contributed by atoms with E-state index in [4.69, 9.17) is 0 Å². The fraction of sp³-hybridized carbons (Fsp3) is 0.562. The zero-order chi connectivity index (χ0) is 14.6. The Hall–Kier alpha value is -1.55. The largest absolute Gasteiger partial charge is 0.388 e. The molecule has 1 fully saturated rings. The van der Waals surface area contributed by atoms with E-state index >= 15 is 0 Å². The second-order valence-electron chi connectivity index (χ2n) is 5.91. The second-order valence-corrected chi connectivity index (χ2v) is 5.91. The summed E-state index contributed by atoms with van der Waals surface area (Å²) in [5, 5.41) is 16.0. The summed E-state index contributed by atoms with van der Waals surface area (Å²) < 4.78 is 0. The first kappa shape index (κ1) is 14.9. The molecule has 0 bridgehead atoms. The molecule has 3 N–H and O–H groups in total. The first-order valence-electron chi connectivity index (χ1n) is 7.33. The maximum atomic E-state index is 11.9. The van der Waals surface area contributed by atoms with Crippen molar-refractivity contribution in [2.24, 2.45) is 0 Å². The molecule has 1 saturated carbocycles. The van der Waals surface area contributed by atoms with Crippen molar-refractivity contribution in [3.8, 4) is 0 Å². The number of nitrogens with one attached hydrogen (secondary N) is 2. The minimum absolute atomic E-state index is 0.252. The highest BCUT2D eigenvalue weighted by Crippen LogP contribution is 2.27. The van der Waals surface area contributed by atoms with Crippen LogP contribution in [0.25, 0.3) is 0 Å². The fourth-order valence-corrected chi connectivity index (χ4v) is 2.67. The lowest BCUT2D eigenvalue weighted by Crippen LogP contribution is -2.45. The molecule has 2 amide bonds. The molecule has 1 aromatic carbocycles. The summed E-state index contributed by atoms with van der Waals surface area (Å²) in [6.45, 7) is 4.28. The predicted octanol–water partition coefficient (Wildman–Crippen LogP) is 3.12. The van der Waals surface area contributed by atoms with Crippen LogP contribution in [0.3, 0.4) is 0 Å². The number of rotatable bonds is 3. The van der Waals surface area contributed by atoms with Crippen LogP contribution >= 0.6 is 0 Å². The highest BCUT2D eigenvalue weighted by Gasteiger charge is 2.29. The van der Waals surface area contributed by atoms with Crippen LogP contribution in [0, 0.1) is 13.8 Å². The van der Waals surface area contributed by atoms with Crippen LogP contribution in [0.4, 0.5) is 10.5 Å². The van der Waals surface area contributed by atoms with E-state index in [1.165, 1.54) is 6.42 Å². The Balaban J connectivity index is 1.87. The monoisotopic (exact) mass is 276 g/mol. The summed E-state index contributed by atoms with van der Waals surface area (Å²) in [4.78, 5) is 11.9. The molecule has 0 heterocycles. The molecule has 0 atom stereocenters. The molecular formula is C16H24N2O2. The average molecular weight is 276 g/mol. The molecule has 2 rings (SSSR count). The lowest BCUT2D eigenvalue weighted by Gasteiger charge is -2.32. The minimum Gasteiger partial charge on any atom is -0.388 e. The van der Waals surface area contributed by atoms with E-state index in [1.807, 2.05) is 32.0 Å². The first-order chi connectivity index (χ1) is 9.48. The van der Waals surface area contributed by atoms with Gasteiger partial charge in [-0.1, -0.05) is 31.4 Å². The molecule has 110 valence electrons. The Morgan fingerprint density at radius 2 is 1.95 bits per heavy atom. The van der Waals surface area contributed by atoms with Crippen LogP contribution in [0.2, 0.25) is 0 Å². The maximum Gasteiger partial charge on any atom is 0.319 e. The summed E-state index contributed by atoms with van der Waals surface area (Å²) in [6, 6.07) is 5.70. The number of hydrogen-bond donors (Lipinski definition) is 3. The molecule has 20 heavy (non-hydrogen) atoms. The molecule has 0 unspecified atom stereocenters. The molecule has 1 aliphatic rings. The Labute approximate surface area is 120 Å². The number of benzene rings is 1. The van der Waals surface area contributed by atoms with E-state index in [-0.39, 0.29) is 6.03 Å². The van der Waals surface area contributed by atoms with Crippen molar-refractivity contribution in [3.05, 3.63) is 29.3 Å². The van der Waals surface area contributed by atoms with Crippen molar-refractivity contribution in [1.29, 1.82) is 0 Å². The van der Waals surface area contributed by atoms with Gasteiger partial charge in [-0.25, -0.2) is 4.79 Å². The molecule has 0 saturated heterocycles. The summed E-state index contributed by atoms with van der Waals surface area (Å²) in [5.74, 6) is 0. The zero-order valence-corrected chi connectivity index (χ0v) is 12.3. The molecule has 0 aromatic heterocycles. The number of aliphatic hydroxyl groups is 1. The van der Waals surface area contributed by atoms with Gasteiger partial charge in [0.05, 0.1) is 5.60 Å². The molecule has 4 nitrogen and oxygen atoms in total. The van der Waals surface area contributed by atoms with Gasteiger partial charge in [-0.05, 0) is 43.9 Å². The van der Waals surface area contributed by atoms with Gasteiger partial charge in [0.2, 0.25) is 0 Å². The van der Waals surface area contributed by atoms with Crippen LogP contribution in [-0.2, 0) is 0 Å². The molecule has 0 spiro atoms. The fourth-order valence-electron chi connectivity index (χ4n) is 2.67. The van der Waals surface area contributed by atoms with E-state index in [0.29, 0.717) is 6.54 Å². The standard InChI is InChI=1S/C16H24N2O2/c1-12-6-7-13(2)14(10-12)18-15(19)17-11-16(20)8-4-3-5-9-16/h6-7,10,20H,3-5,8-9,11H2,1-2H3,(H2,17,18,19). The topological polar surface area (TPSA) is 61.4 Å². The third-order valence-corrected chi connectivity index (χ3v) is 4.00. The predicted molar refractivity (Wildman–Crippen MR) is 81.0 cm³/mol. The average Bonchev–Trinajstić information content (AvgIpc) is 2.42. The normalized spacial score (nSPS) is 17.6. The van der Waals surface area contributed by atoms with E-state index in [9.17, 15) is 9.90 Å². The van der Waals surface area contributed by atoms with E-state index in [1.54, 1.807) is 0 Å². The maximum absolute atomic E-state index is 11.9. The lowest BCUT2D eigenvalue weighted by atomic mass is 9.85. The van der Waals surface area contributed by atoms with Crippen LogP contribution in [0.1, 0.15) is 43.2 Å². The Kier molecular flexibility index (Phi) is 4.65. The lowest BCUT2D eigenvalue weighted by molar-refractivity contribution is 0.00755. The number of carbonyl (C=O) groups is 1. The molecular weight excluding hydrogens is 252 g/mol. The van der Waals surface area contributed by atoms with Crippen LogP contribution in [0.15, 0.2) is 18.2 Å². The Bertz CT molecular complexity index is 479. The molecule has 0 aliphatic heterocycles. The molecule has 1 aromatic rings. The number of hydrogen-bond acceptors (Lipinski definition) is 2. The quantitative estimate of drug-likeness (QED) is 0.794. The van der Waals surface area contributed by atoms with Gasteiger partial charge in [0.25, 0.3) is 0 Å². The van der Waals surface area contributed by atoms with Crippen LogP contribution in [-0.4, -0.2) is 23.3 Å². The molecule has 4 heteroatoms. The second kappa shape index (κ2) is 6.27. The van der Waals surface area contributed by atoms with E-state index in [0.717, 1.165) is 42.5 Å². The van der Waals surface area contributed by atoms with Crippen molar-refractivity contribution in [2.75, 3.05) is 11.9 Å². The van der Waals surface area contributed by atoms with Crippen molar-refractivity contribution in [3.63, 3.8) is 0 Å². The molecule has 0 radical (unpaired) electrons. The first-order valence-corrected chi connectivity index (χ1v) is 7.33. The van der Waals surface area contributed by atoms with Crippen molar-refractivity contribution >= 4 is 11.7 Å². The van der Waals surface area contributed by atoms with E-state index in [2.05, 4.69) is 10.6 Å². The number of aryl methyl sites for hydroxylation is 2. The van der Waals surface area contributed by atoms with Crippen LogP contribution < -0.4 is 10.6 Å². The van der Waals surface area contributed by atoms with Crippen LogP contribution in [0.5, 0.6) is 0 Å². The zero-order valence-electron chi connectivity index (χ0n) is 12.3. The van der Waals surface area contributed by atoms with E-state index < -0.39 is 5.60 Å². The smallest absolute Gasteiger partial charge is 0.319 e. The number of amides is 2.